The van der Waals surface area contributed by atoms with Crippen molar-refractivity contribution >= 4 is 23.2 Å². The molecule has 0 aromatic carbocycles. The Bertz CT molecular complexity index is 363. The molecule has 1 aromatic heterocycles. The molecule has 2 rings (SSSR count). The minimum atomic E-state index is 0.954. The normalized spacial score (nSPS) is 16.8. The number of nitrogens with one attached hydrogen (secondary N) is 1. The van der Waals surface area contributed by atoms with Crippen molar-refractivity contribution in [2.75, 3.05) is 13.1 Å². The highest BCUT2D eigenvalue weighted by Crippen LogP contribution is 2.16. The van der Waals surface area contributed by atoms with Crippen LogP contribution in [0.15, 0.2) is 22.5 Å². The van der Waals surface area contributed by atoms with E-state index in [9.17, 15) is 0 Å². The van der Waals surface area contributed by atoms with Crippen molar-refractivity contribution in [3.05, 3.63) is 28.0 Å². The van der Waals surface area contributed by atoms with Crippen molar-refractivity contribution in [2.24, 2.45) is 4.99 Å². The number of rotatable bonds is 2. The molecule has 74 valence electrons. The Labute approximate surface area is 88.4 Å². The highest BCUT2D eigenvalue weighted by Gasteiger charge is 2.00. The Hall–Kier alpha value is -1.09. The predicted octanol–water partition coefficient (Wildman–Crippen LogP) is 2.46. The van der Waals surface area contributed by atoms with Gasteiger partial charge in [-0.2, -0.15) is 0 Å². The van der Waals surface area contributed by atoms with Gasteiger partial charge in [-0.05, 0) is 42.5 Å². The van der Waals surface area contributed by atoms with E-state index < -0.39 is 0 Å². The highest BCUT2D eigenvalue weighted by atomic mass is 32.1. The monoisotopic (exact) mass is 206 g/mol. The lowest BCUT2D eigenvalue weighted by molar-refractivity contribution is 0.745. The summed E-state index contributed by atoms with van der Waals surface area (Å²) in [6, 6.07) is 2.14. The van der Waals surface area contributed by atoms with Gasteiger partial charge in [-0.3, -0.25) is 4.99 Å². The Balaban J connectivity index is 2.06. The molecule has 0 saturated heterocycles. The van der Waals surface area contributed by atoms with Gasteiger partial charge in [0.1, 0.15) is 5.84 Å². The van der Waals surface area contributed by atoms with Crippen LogP contribution < -0.4 is 5.32 Å². The molecule has 0 fully saturated rings. The molecular weight excluding hydrogens is 192 g/mol. The summed E-state index contributed by atoms with van der Waals surface area (Å²) in [4.78, 5) is 5.70. The molecule has 0 spiro atoms. The molecule has 2 heterocycles. The molecule has 14 heavy (non-hydrogen) atoms. The van der Waals surface area contributed by atoms with E-state index in [0.717, 1.165) is 25.3 Å². The number of hydrogen-bond donors (Lipinski definition) is 1. The molecule has 2 nitrogen and oxygen atoms in total. The number of amidine groups is 1. The van der Waals surface area contributed by atoms with Crippen molar-refractivity contribution in [1.82, 2.24) is 5.32 Å². The van der Waals surface area contributed by atoms with Gasteiger partial charge in [-0.25, -0.2) is 0 Å². The average Bonchev–Trinajstić information content (AvgIpc) is 2.63. The average molecular weight is 206 g/mol. The fourth-order valence-corrected chi connectivity index (χ4v) is 2.19. The largest absolute Gasteiger partial charge is 0.370 e. The smallest absolute Gasteiger partial charge is 0.120 e. The maximum absolute atomic E-state index is 4.38. The lowest BCUT2D eigenvalue weighted by Crippen LogP contribution is -2.27. The van der Waals surface area contributed by atoms with E-state index in [2.05, 4.69) is 40.8 Å². The molecule has 0 radical (unpaired) electrons. The van der Waals surface area contributed by atoms with Crippen LogP contribution in [0.3, 0.4) is 0 Å². The van der Waals surface area contributed by atoms with Crippen LogP contribution in [0.5, 0.6) is 0 Å². The van der Waals surface area contributed by atoms with E-state index >= 15 is 0 Å². The molecule has 3 heteroatoms. The van der Waals surface area contributed by atoms with Crippen molar-refractivity contribution in [3.63, 3.8) is 0 Å². The Morgan fingerprint density at radius 1 is 1.50 bits per heavy atom. The molecule has 0 atom stereocenters. The van der Waals surface area contributed by atoms with Gasteiger partial charge in [0.25, 0.3) is 0 Å². The zero-order chi connectivity index (χ0) is 9.80. The summed E-state index contributed by atoms with van der Waals surface area (Å²) in [5, 5.41) is 5.38. The van der Waals surface area contributed by atoms with Crippen LogP contribution in [0.25, 0.3) is 6.08 Å². The first-order chi connectivity index (χ1) is 6.86. The molecule has 0 bridgehead atoms. The number of aryl methyl sites for hydroxylation is 1. The van der Waals surface area contributed by atoms with Crippen molar-refractivity contribution < 1.29 is 0 Å². The molecule has 1 N–H and O–H groups in total. The van der Waals surface area contributed by atoms with Gasteiger partial charge in [0, 0.05) is 18.0 Å². The van der Waals surface area contributed by atoms with Gasteiger partial charge < -0.3 is 5.32 Å². The number of nitrogens with zero attached hydrogens (tertiary/aromatic N) is 1. The van der Waals surface area contributed by atoms with E-state index in [1.54, 1.807) is 11.3 Å². The third-order valence-electron chi connectivity index (χ3n) is 2.22. The summed E-state index contributed by atoms with van der Waals surface area (Å²) >= 11 is 1.77. The Morgan fingerprint density at radius 2 is 2.43 bits per heavy atom. The van der Waals surface area contributed by atoms with Crippen LogP contribution in [0, 0.1) is 6.92 Å². The summed E-state index contributed by atoms with van der Waals surface area (Å²) < 4.78 is 0. The molecule has 1 aliphatic heterocycles. The van der Waals surface area contributed by atoms with E-state index in [0.29, 0.717) is 0 Å². The SMILES string of the molecule is Cc1ccsc1C=CC1=NCCCN1. The van der Waals surface area contributed by atoms with Crippen LogP contribution in [0.2, 0.25) is 0 Å². The maximum atomic E-state index is 4.38. The van der Waals surface area contributed by atoms with Crippen LogP contribution in [-0.4, -0.2) is 18.9 Å². The van der Waals surface area contributed by atoms with Crippen LogP contribution >= 0.6 is 11.3 Å². The first-order valence-corrected chi connectivity index (χ1v) is 5.75. The topological polar surface area (TPSA) is 24.4 Å². The molecule has 0 saturated carbocycles. The molecule has 0 unspecified atom stereocenters. The zero-order valence-corrected chi connectivity index (χ0v) is 9.10. The summed E-state index contributed by atoms with van der Waals surface area (Å²) in [6.45, 7) is 4.13. The van der Waals surface area contributed by atoms with E-state index in [4.69, 9.17) is 0 Å². The maximum Gasteiger partial charge on any atom is 0.120 e. The Kier molecular flexibility index (Phi) is 2.99. The standard InChI is InChI=1S/C11H14N2S/c1-9-5-8-14-10(9)3-4-11-12-6-2-7-13-11/h3-5,8H,2,6-7H2,1H3,(H,12,13). The second-order valence-corrected chi connectivity index (χ2v) is 4.30. The minimum absolute atomic E-state index is 0.954. The highest BCUT2D eigenvalue weighted by molar-refractivity contribution is 7.11. The Morgan fingerprint density at radius 3 is 3.07 bits per heavy atom. The number of thiophene rings is 1. The van der Waals surface area contributed by atoms with Gasteiger partial charge in [0.15, 0.2) is 0 Å². The number of aliphatic imine (C=N–C) groups is 1. The molecule has 0 amide bonds. The van der Waals surface area contributed by atoms with Crippen molar-refractivity contribution in [2.45, 2.75) is 13.3 Å². The second kappa shape index (κ2) is 4.42. The molecule has 1 aliphatic rings. The van der Waals surface area contributed by atoms with Gasteiger partial charge in [0.2, 0.25) is 0 Å². The van der Waals surface area contributed by atoms with Crippen LogP contribution in [0.4, 0.5) is 0 Å². The number of hydrogen-bond acceptors (Lipinski definition) is 3. The molecule has 1 aromatic rings. The van der Waals surface area contributed by atoms with Gasteiger partial charge in [-0.1, -0.05) is 0 Å². The first kappa shape index (κ1) is 9.46. The van der Waals surface area contributed by atoms with Crippen LogP contribution in [0.1, 0.15) is 16.9 Å². The summed E-state index contributed by atoms with van der Waals surface area (Å²) in [7, 11) is 0. The molecular formula is C11H14N2S. The quantitative estimate of drug-likeness (QED) is 0.789. The van der Waals surface area contributed by atoms with E-state index in [1.165, 1.54) is 10.4 Å². The summed E-state index contributed by atoms with van der Waals surface area (Å²) in [6.07, 6.45) is 5.35. The van der Waals surface area contributed by atoms with E-state index in [1.807, 2.05) is 0 Å². The van der Waals surface area contributed by atoms with Crippen LogP contribution in [-0.2, 0) is 0 Å². The van der Waals surface area contributed by atoms with Gasteiger partial charge in [0.05, 0.1) is 0 Å². The van der Waals surface area contributed by atoms with E-state index in [-0.39, 0.29) is 0 Å². The second-order valence-electron chi connectivity index (χ2n) is 3.35. The van der Waals surface area contributed by atoms with Crippen molar-refractivity contribution in [3.8, 4) is 0 Å². The predicted molar refractivity (Wildman–Crippen MR) is 63.0 cm³/mol. The lowest BCUT2D eigenvalue weighted by Gasteiger charge is -2.10. The van der Waals surface area contributed by atoms with Crippen molar-refractivity contribution in [1.29, 1.82) is 0 Å². The third-order valence-corrected chi connectivity index (χ3v) is 3.20. The summed E-state index contributed by atoms with van der Waals surface area (Å²) in [5.74, 6) is 1.02. The lowest BCUT2D eigenvalue weighted by atomic mass is 10.2. The third kappa shape index (κ3) is 2.23. The summed E-state index contributed by atoms with van der Waals surface area (Å²) in [5.41, 5.74) is 1.34. The van der Waals surface area contributed by atoms with Gasteiger partial charge >= 0.3 is 0 Å². The van der Waals surface area contributed by atoms with Gasteiger partial charge in [-0.15, -0.1) is 11.3 Å². The fraction of sp³-hybridized carbons (Fsp3) is 0.364. The fourth-order valence-electron chi connectivity index (χ4n) is 1.37. The zero-order valence-electron chi connectivity index (χ0n) is 8.29. The first-order valence-electron chi connectivity index (χ1n) is 4.87. The minimum Gasteiger partial charge on any atom is -0.370 e. The molecule has 0 aliphatic carbocycles.